The number of aromatic nitrogens is 1. The van der Waals surface area contributed by atoms with Gasteiger partial charge in [0.2, 0.25) is 0 Å². The first-order valence-corrected chi connectivity index (χ1v) is 5.67. The van der Waals surface area contributed by atoms with E-state index >= 15 is 0 Å². The molecule has 1 aliphatic rings. The van der Waals surface area contributed by atoms with E-state index in [0.717, 1.165) is 31.1 Å². The number of rotatable bonds is 3. The van der Waals surface area contributed by atoms with Gasteiger partial charge in [0.1, 0.15) is 5.69 Å². The summed E-state index contributed by atoms with van der Waals surface area (Å²) in [5.74, 6) is 0.649. The van der Waals surface area contributed by atoms with Crippen LogP contribution in [0.5, 0.6) is 0 Å². The van der Waals surface area contributed by atoms with Crippen molar-refractivity contribution in [2.45, 2.75) is 19.8 Å². The van der Waals surface area contributed by atoms with E-state index < -0.39 is 0 Å². The molecular weight excluding hydrogens is 198 g/mol. The predicted molar refractivity (Wildman–Crippen MR) is 54.7 cm³/mol. The zero-order valence-electron chi connectivity index (χ0n) is 8.16. The molecule has 1 aliphatic heterocycles. The maximum absolute atomic E-state index is 11.0. The first kappa shape index (κ1) is 9.80. The number of ether oxygens (including phenoxy) is 1. The highest BCUT2D eigenvalue weighted by atomic mass is 32.1. The van der Waals surface area contributed by atoms with Gasteiger partial charge in [-0.2, -0.15) is 0 Å². The predicted octanol–water partition coefficient (Wildman–Crippen LogP) is 1.92. The highest BCUT2D eigenvalue weighted by Gasteiger charge is 2.18. The lowest BCUT2D eigenvalue weighted by molar-refractivity contribution is 0.101. The molecule has 0 bridgehead atoms. The van der Waals surface area contributed by atoms with Crippen molar-refractivity contribution in [2.75, 3.05) is 13.2 Å². The Hall–Kier alpha value is -0.740. The first-order chi connectivity index (χ1) is 6.75. The molecule has 0 radical (unpaired) electrons. The van der Waals surface area contributed by atoms with Crippen LogP contribution in [0.15, 0.2) is 5.38 Å². The molecule has 0 N–H and O–H groups in total. The minimum absolute atomic E-state index is 0.0511. The third kappa shape index (κ3) is 2.19. The van der Waals surface area contributed by atoms with Crippen LogP contribution in [0.3, 0.4) is 0 Å². The van der Waals surface area contributed by atoms with Gasteiger partial charge < -0.3 is 4.74 Å². The average Bonchev–Trinajstić information content (AvgIpc) is 2.75. The van der Waals surface area contributed by atoms with E-state index in [1.165, 1.54) is 0 Å². The summed E-state index contributed by atoms with van der Waals surface area (Å²) in [5, 5.41) is 2.90. The first-order valence-electron chi connectivity index (χ1n) is 4.79. The second kappa shape index (κ2) is 4.19. The molecule has 0 amide bonds. The van der Waals surface area contributed by atoms with Crippen LogP contribution in [0.2, 0.25) is 0 Å². The van der Waals surface area contributed by atoms with Crippen molar-refractivity contribution >= 4 is 17.1 Å². The van der Waals surface area contributed by atoms with E-state index in [1.54, 1.807) is 18.3 Å². The van der Waals surface area contributed by atoms with Crippen LogP contribution in [0, 0.1) is 5.92 Å². The van der Waals surface area contributed by atoms with Crippen molar-refractivity contribution in [2.24, 2.45) is 5.92 Å². The maximum Gasteiger partial charge on any atom is 0.178 e. The van der Waals surface area contributed by atoms with Gasteiger partial charge in [-0.15, -0.1) is 11.3 Å². The van der Waals surface area contributed by atoms with Crippen molar-refractivity contribution < 1.29 is 9.53 Å². The van der Waals surface area contributed by atoms with E-state index in [4.69, 9.17) is 4.74 Å². The minimum atomic E-state index is 0.0511. The molecule has 1 atom stereocenters. The van der Waals surface area contributed by atoms with Crippen molar-refractivity contribution in [3.63, 3.8) is 0 Å². The molecule has 1 fully saturated rings. The Morgan fingerprint density at radius 2 is 2.64 bits per heavy atom. The fourth-order valence-corrected chi connectivity index (χ4v) is 2.51. The Bertz CT molecular complexity index is 329. The minimum Gasteiger partial charge on any atom is -0.381 e. The van der Waals surface area contributed by atoms with Crippen LogP contribution in [0.4, 0.5) is 0 Å². The zero-order valence-corrected chi connectivity index (χ0v) is 8.97. The maximum atomic E-state index is 11.0. The largest absolute Gasteiger partial charge is 0.381 e. The molecule has 1 aromatic rings. The number of thiazole rings is 1. The molecule has 2 heterocycles. The topological polar surface area (TPSA) is 39.2 Å². The number of nitrogens with zero attached hydrogens (tertiary/aromatic N) is 1. The lowest BCUT2D eigenvalue weighted by atomic mass is 10.1. The summed E-state index contributed by atoms with van der Waals surface area (Å²) in [6.07, 6.45) is 2.08. The smallest absolute Gasteiger partial charge is 0.178 e. The third-order valence-corrected chi connectivity index (χ3v) is 3.27. The summed E-state index contributed by atoms with van der Waals surface area (Å²) < 4.78 is 5.29. The molecule has 1 saturated heterocycles. The van der Waals surface area contributed by atoms with E-state index in [2.05, 4.69) is 4.98 Å². The van der Waals surface area contributed by atoms with E-state index in [-0.39, 0.29) is 5.78 Å². The molecule has 1 unspecified atom stereocenters. The van der Waals surface area contributed by atoms with Crippen molar-refractivity contribution in [3.05, 3.63) is 16.1 Å². The quantitative estimate of drug-likeness (QED) is 0.717. The highest BCUT2D eigenvalue weighted by Crippen LogP contribution is 2.20. The molecule has 0 aliphatic carbocycles. The lowest BCUT2D eigenvalue weighted by Crippen LogP contribution is -2.03. The molecule has 2 rings (SSSR count). The van der Waals surface area contributed by atoms with Crippen LogP contribution in [-0.4, -0.2) is 24.0 Å². The van der Waals surface area contributed by atoms with Crippen LogP contribution in [-0.2, 0) is 11.2 Å². The third-order valence-electron chi connectivity index (χ3n) is 2.40. The van der Waals surface area contributed by atoms with Crippen LogP contribution >= 0.6 is 11.3 Å². The summed E-state index contributed by atoms with van der Waals surface area (Å²) in [6, 6.07) is 0. The molecule has 14 heavy (non-hydrogen) atoms. The van der Waals surface area contributed by atoms with E-state index in [0.29, 0.717) is 11.6 Å². The Labute approximate surface area is 87.1 Å². The van der Waals surface area contributed by atoms with Gasteiger partial charge in [0.05, 0.1) is 5.01 Å². The molecule has 0 saturated carbocycles. The van der Waals surface area contributed by atoms with Crippen molar-refractivity contribution in [1.29, 1.82) is 0 Å². The Morgan fingerprint density at radius 3 is 3.21 bits per heavy atom. The van der Waals surface area contributed by atoms with Crippen LogP contribution in [0.1, 0.15) is 28.8 Å². The second-order valence-corrected chi connectivity index (χ2v) is 4.56. The van der Waals surface area contributed by atoms with Gasteiger partial charge in [-0.1, -0.05) is 0 Å². The number of hydrogen-bond acceptors (Lipinski definition) is 4. The van der Waals surface area contributed by atoms with Gasteiger partial charge >= 0.3 is 0 Å². The van der Waals surface area contributed by atoms with Crippen LogP contribution < -0.4 is 0 Å². The molecule has 4 heteroatoms. The second-order valence-electron chi connectivity index (χ2n) is 3.62. The molecule has 0 aromatic carbocycles. The van der Waals surface area contributed by atoms with E-state index in [1.807, 2.05) is 5.38 Å². The number of ketones is 1. The standard InChI is InChI=1S/C10H13NO2S/c1-7(12)9-6-14-10(11-9)4-8-2-3-13-5-8/h6,8H,2-5H2,1H3. The molecular formula is C10H13NO2S. The lowest BCUT2D eigenvalue weighted by Gasteiger charge is -2.02. The summed E-state index contributed by atoms with van der Waals surface area (Å²) in [7, 11) is 0. The fraction of sp³-hybridized carbons (Fsp3) is 0.600. The number of carbonyl (C=O) groups excluding carboxylic acids is 1. The van der Waals surface area contributed by atoms with Gasteiger partial charge in [0, 0.05) is 31.9 Å². The SMILES string of the molecule is CC(=O)c1csc(CC2CCOC2)n1. The molecule has 1 aromatic heterocycles. The summed E-state index contributed by atoms with van der Waals surface area (Å²) in [4.78, 5) is 15.3. The number of carbonyl (C=O) groups is 1. The Balaban J connectivity index is 1.98. The van der Waals surface area contributed by atoms with Crippen molar-refractivity contribution in [1.82, 2.24) is 4.98 Å². The van der Waals surface area contributed by atoms with Gasteiger partial charge in [-0.25, -0.2) is 4.98 Å². The van der Waals surface area contributed by atoms with Gasteiger partial charge in [0.15, 0.2) is 5.78 Å². The normalized spacial score (nSPS) is 21.4. The van der Waals surface area contributed by atoms with Gasteiger partial charge in [0.25, 0.3) is 0 Å². The van der Waals surface area contributed by atoms with Gasteiger partial charge in [-0.3, -0.25) is 4.79 Å². The Morgan fingerprint density at radius 1 is 1.79 bits per heavy atom. The zero-order chi connectivity index (χ0) is 9.97. The Kier molecular flexibility index (Phi) is 2.93. The van der Waals surface area contributed by atoms with Crippen molar-refractivity contribution in [3.8, 4) is 0 Å². The molecule has 76 valence electrons. The van der Waals surface area contributed by atoms with Gasteiger partial charge in [-0.05, 0) is 12.3 Å². The fourth-order valence-electron chi connectivity index (χ4n) is 1.56. The summed E-state index contributed by atoms with van der Waals surface area (Å²) >= 11 is 1.58. The number of Topliss-reactive ketones (excluding diaryl/α,β-unsaturated/α-hetero) is 1. The summed E-state index contributed by atoms with van der Waals surface area (Å²) in [6.45, 7) is 3.27. The average molecular weight is 211 g/mol. The summed E-state index contributed by atoms with van der Waals surface area (Å²) in [5.41, 5.74) is 0.601. The highest BCUT2D eigenvalue weighted by molar-refractivity contribution is 7.09. The van der Waals surface area contributed by atoms with E-state index in [9.17, 15) is 4.79 Å². The molecule has 3 nitrogen and oxygen atoms in total. The van der Waals surface area contributed by atoms with Crippen LogP contribution in [0.25, 0.3) is 0 Å². The molecule has 0 spiro atoms. The number of hydrogen-bond donors (Lipinski definition) is 0. The monoisotopic (exact) mass is 211 g/mol.